The molecule has 2 amide bonds. The van der Waals surface area contributed by atoms with Gasteiger partial charge in [0.25, 0.3) is 0 Å². The summed E-state index contributed by atoms with van der Waals surface area (Å²) in [6.45, 7) is 5.84. The summed E-state index contributed by atoms with van der Waals surface area (Å²) >= 11 is 0. The van der Waals surface area contributed by atoms with Crippen LogP contribution in [0, 0.1) is 11.2 Å². The monoisotopic (exact) mass is 379 g/mol. The smallest absolute Gasteiger partial charge is 0.321 e. The van der Waals surface area contributed by atoms with Crippen LogP contribution in [-0.2, 0) is 0 Å². The fourth-order valence-corrected chi connectivity index (χ4v) is 3.74. The Bertz CT molecular complexity index is 1080. The van der Waals surface area contributed by atoms with Crippen LogP contribution in [0.1, 0.15) is 38.2 Å². The van der Waals surface area contributed by atoms with Gasteiger partial charge in [0, 0.05) is 42.0 Å². The molecule has 1 aliphatic heterocycles. The molecule has 2 aromatic heterocycles. The van der Waals surface area contributed by atoms with Crippen LogP contribution >= 0.6 is 0 Å². The Morgan fingerprint density at radius 3 is 2.75 bits per heavy atom. The molecule has 1 aromatic carbocycles. The van der Waals surface area contributed by atoms with Crippen LogP contribution in [0.25, 0.3) is 16.7 Å². The number of anilines is 1. The SMILES string of the molecule is CC(C)c1cnc2nn(-c3cc(NC(=O)N4CC5(CC5)C4)ccc3F)cc2c1. The van der Waals surface area contributed by atoms with Crippen LogP contribution in [-0.4, -0.2) is 38.8 Å². The van der Waals surface area contributed by atoms with E-state index in [1.165, 1.54) is 23.6 Å². The van der Waals surface area contributed by atoms with E-state index >= 15 is 0 Å². The molecule has 0 unspecified atom stereocenters. The molecule has 7 heteroatoms. The molecule has 2 aliphatic rings. The molecular formula is C21H22FN5O. The lowest BCUT2D eigenvalue weighted by molar-refractivity contribution is 0.116. The van der Waals surface area contributed by atoms with E-state index in [2.05, 4.69) is 29.2 Å². The predicted octanol–water partition coefficient (Wildman–Crippen LogP) is 4.31. The van der Waals surface area contributed by atoms with Gasteiger partial charge in [-0.1, -0.05) is 13.8 Å². The van der Waals surface area contributed by atoms with Gasteiger partial charge in [0.05, 0.1) is 0 Å². The van der Waals surface area contributed by atoms with Gasteiger partial charge in [-0.05, 0) is 48.6 Å². The van der Waals surface area contributed by atoms with Crippen molar-refractivity contribution in [1.29, 1.82) is 0 Å². The van der Waals surface area contributed by atoms with Gasteiger partial charge in [0.2, 0.25) is 0 Å². The van der Waals surface area contributed by atoms with Gasteiger partial charge in [0.1, 0.15) is 11.5 Å². The zero-order chi connectivity index (χ0) is 19.5. The van der Waals surface area contributed by atoms with Gasteiger partial charge in [-0.25, -0.2) is 18.9 Å². The quantitative estimate of drug-likeness (QED) is 0.738. The molecule has 1 spiro atoms. The molecule has 3 aromatic rings. The average molecular weight is 379 g/mol. The van der Waals surface area contributed by atoms with Gasteiger partial charge in [-0.15, -0.1) is 5.10 Å². The van der Waals surface area contributed by atoms with Crippen LogP contribution in [0.5, 0.6) is 0 Å². The number of hydrogen-bond acceptors (Lipinski definition) is 3. The second-order valence-corrected chi connectivity index (χ2v) is 8.36. The first-order valence-electron chi connectivity index (χ1n) is 9.64. The topological polar surface area (TPSA) is 63.1 Å². The Morgan fingerprint density at radius 2 is 2.04 bits per heavy atom. The second kappa shape index (κ2) is 6.02. The number of carbonyl (C=O) groups excluding carboxylic acids is 1. The molecule has 5 rings (SSSR count). The third kappa shape index (κ3) is 2.91. The Morgan fingerprint density at radius 1 is 1.25 bits per heavy atom. The molecule has 6 nitrogen and oxygen atoms in total. The zero-order valence-electron chi connectivity index (χ0n) is 15.9. The maximum atomic E-state index is 14.5. The first kappa shape index (κ1) is 17.2. The van der Waals surface area contributed by atoms with E-state index in [4.69, 9.17) is 0 Å². The highest BCUT2D eigenvalue weighted by Crippen LogP contribution is 2.52. The molecule has 1 N–H and O–H groups in total. The number of likely N-dealkylation sites (tertiary alicyclic amines) is 1. The summed E-state index contributed by atoms with van der Waals surface area (Å²) in [5.74, 6) is -0.0532. The van der Waals surface area contributed by atoms with Crippen molar-refractivity contribution in [3.8, 4) is 5.69 Å². The molecule has 144 valence electrons. The summed E-state index contributed by atoms with van der Waals surface area (Å²) in [6.07, 6.45) is 6.01. The maximum Gasteiger partial charge on any atom is 0.321 e. The van der Waals surface area contributed by atoms with Crippen LogP contribution in [0.3, 0.4) is 0 Å². The number of halogens is 1. The van der Waals surface area contributed by atoms with Gasteiger partial charge < -0.3 is 10.2 Å². The van der Waals surface area contributed by atoms with Crippen LogP contribution in [0.15, 0.2) is 36.7 Å². The molecule has 28 heavy (non-hydrogen) atoms. The van der Waals surface area contributed by atoms with Crippen LogP contribution < -0.4 is 5.32 Å². The van der Waals surface area contributed by atoms with Crippen molar-refractivity contribution in [3.63, 3.8) is 0 Å². The summed E-state index contributed by atoms with van der Waals surface area (Å²) in [5, 5.41) is 8.12. The highest BCUT2D eigenvalue weighted by molar-refractivity contribution is 5.90. The second-order valence-electron chi connectivity index (χ2n) is 8.36. The van der Waals surface area contributed by atoms with Crippen molar-refractivity contribution >= 4 is 22.8 Å². The number of amides is 2. The van der Waals surface area contributed by atoms with Gasteiger partial charge in [0.15, 0.2) is 5.65 Å². The Kier molecular flexibility index (Phi) is 3.69. The number of carbonyl (C=O) groups is 1. The van der Waals surface area contributed by atoms with E-state index < -0.39 is 5.82 Å². The Balaban J connectivity index is 1.40. The molecular weight excluding hydrogens is 357 g/mol. The number of fused-ring (bicyclic) bond motifs is 1. The van der Waals surface area contributed by atoms with E-state index in [-0.39, 0.29) is 11.7 Å². The summed E-state index contributed by atoms with van der Waals surface area (Å²) in [4.78, 5) is 18.6. The van der Waals surface area contributed by atoms with Crippen molar-refractivity contribution in [3.05, 3.63) is 48.0 Å². The molecule has 1 saturated heterocycles. The molecule has 1 saturated carbocycles. The number of nitrogens with zero attached hydrogens (tertiary/aromatic N) is 4. The van der Waals surface area contributed by atoms with E-state index in [0.29, 0.717) is 22.7 Å². The third-order valence-electron chi connectivity index (χ3n) is 5.79. The third-order valence-corrected chi connectivity index (χ3v) is 5.79. The van der Waals surface area contributed by atoms with E-state index in [1.54, 1.807) is 29.4 Å². The summed E-state index contributed by atoms with van der Waals surface area (Å²) in [5.41, 5.74) is 2.91. The minimum atomic E-state index is -0.407. The Labute approximate surface area is 162 Å². The summed E-state index contributed by atoms with van der Waals surface area (Å²) in [7, 11) is 0. The van der Waals surface area contributed by atoms with Gasteiger partial charge in [-0.2, -0.15) is 0 Å². The van der Waals surface area contributed by atoms with E-state index in [0.717, 1.165) is 24.0 Å². The number of rotatable bonds is 3. The molecule has 0 bridgehead atoms. The average Bonchev–Trinajstić information content (AvgIpc) is 3.34. The number of nitrogens with one attached hydrogen (secondary N) is 1. The molecule has 3 heterocycles. The van der Waals surface area contributed by atoms with Crippen molar-refractivity contribution in [2.24, 2.45) is 5.41 Å². The van der Waals surface area contributed by atoms with Gasteiger partial charge >= 0.3 is 6.03 Å². The predicted molar refractivity (Wildman–Crippen MR) is 105 cm³/mol. The normalized spacial score (nSPS) is 17.2. The number of aromatic nitrogens is 3. The van der Waals surface area contributed by atoms with Crippen molar-refractivity contribution in [1.82, 2.24) is 19.7 Å². The maximum absolute atomic E-state index is 14.5. The molecule has 1 aliphatic carbocycles. The highest BCUT2D eigenvalue weighted by atomic mass is 19.1. The largest absolute Gasteiger partial charge is 0.323 e. The van der Waals surface area contributed by atoms with E-state index in [1.807, 2.05) is 6.07 Å². The minimum absolute atomic E-state index is 0.135. The van der Waals surface area contributed by atoms with Gasteiger partial charge in [-0.3, -0.25) is 0 Å². The van der Waals surface area contributed by atoms with Crippen molar-refractivity contribution < 1.29 is 9.18 Å². The minimum Gasteiger partial charge on any atom is -0.323 e. The molecule has 2 fully saturated rings. The lowest BCUT2D eigenvalue weighted by atomic mass is 9.98. The number of urea groups is 1. The number of pyridine rings is 1. The first-order chi connectivity index (χ1) is 13.4. The Hall–Kier alpha value is -2.96. The summed E-state index contributed by atoms with van der Waals surface area (Å²) in [6, 6.07) is 6.42. The standard InChI is InChI=1S/C21H22FN5O/c1-13(2)14-7-15-10-27(25-19(15)23-9-14)18-8-16(3-4-17(18)22)24-20(28)26-11-21(12-26)5-6-21/h3-4,7-10,13H,5-6,11-12H2,1-2H3,(H,24,28). The number of hydrogen-bond donors (Lipinski definition) is 1. The lowest BCUT2D eigenvalue weighted by Crippen LogP contribution is -2.53. The highest BCUT2D eigenvalue weighted by Gasteiger charge is 2.53. The lowest BCUT2D eigenvalue weighted by Gasteiger charge is -2.39. The van der Waals surface area contributed by atoms with Crippen molar-refractivity contribution in [2.45, 2.75) is 32.6 Å². The van der Waals surface area contributed by atoms with Crippen LogP contribution in [0.4, 0.5) is 14.9 Å². The van der Waals surface area contributed by atoms with Crippen molar-refractivity contribution in [2.75, 3.05) is 18.4 Å². The summed E-state index contributed by atoms with van der Waals surface area (Å²) < 4.78 is 16.0. The zero-order valence-corrected chi connectivity index (χ0v) is 15.9. The van der Waals surface area contributed by atoms with E-state index in [9.17, 15) is 9.18 Å². The van der Waals surface area contributed by atoms with Crippen LogP contribution in [0.2, 0.25) is 0 Å². The first-order valence-corrected chi connectivity index (χ1v) is 9.64. The molecule has 0 radical (unpaired) electrons. The fourth-order valence-electron chi connectivity index (χ4n) is 3.74. The molecule has 0 atom stereocenters. The number of benzene rings is 1. The fraction of sp³-hybridized carbons (Fsp3) is 0.381.